The van der Waals surface area contributed by atoms with Crippen molar-refractivity contribution in [2.24, 2.45) is 5.73 Å². The van der Waals surface area contributed by atoms with Gasteiger partial charge < -0.3 is 41.3 Å². The Hall–Kier alpha value is -2.28. The highest BCUT2D eigenvalue weighted by atomic mass is 16.4. The number of carboxylic acid groups (broad SMARTS) is 4. The van der Waals surface area contributed by atoms with E-state index in [1.165, 1.54) is 0 Å². The largest absolute Gasteiger partial charge is 0.481 e. The maximum atomic E-state index is 9.00. The van der Waals surface area contributed by atoms with Gasteiger partial charge in [0.2, 0.25) is 0 Å². The standard InChI is InChI=1S/C6H16N2.4C2H4O2.C2H6O2/c1-3-8(4-2)6-5-7;4*1-2(3)4;3-1-2-4/h3-7H2,1-2H3;4*1H3,(H,3,4);3-4H,1-2H2. The predicted octanol–water partition coefficient (Wildman–Crippen LogP) is -0.378. The van der Waals surface area contributed by atoms with Gasteiger partial charge in [0, 0.05) is 40.8 Å². The Kier molecular flexibility index (Phi) is 57.3. The molecule has 0 saturated carbocycles. The highest BCUT2D eigenvalue weighted by molar-refractivity contribution is 5.63. The van der Waals surface area contributed by atoms with Crippen LogP contribution in [-0.4, -0.2) is 98.8 Å². The van der Waals surface area contributed by atoms with Crippen molar-refractivity contribution in [1.82, 2.24) is 4.90 Å². The fraction of sp³-hybridized carbons (Fsp3) is 0.750. The van der Waals surface area contributed by atoms with Gasteiger partial charge in [-0.2, -0.15) is 0 Å². The van der Waals surface area contributed by atoms with E-state index in [-0.39, 0.29) is 13.2 Å². The highest BCUT2D eigenvalue weighted by Gasteiger charge is 1.92. The Labute approximate surface area is 166 Å². The van der Waals surface area contributed by atoms with Crippen LogP contribution in [0, 0.1) is 0 Å². The SMILES string of the molecule is CC(=O)O.CC(=O)O.CC(=O)O.CC(=O)O.CCN(CC)CCN.OCCO. The highest BCUT2D eigenvalue weighted by Crippen LogP contribution is 1.81. The molecule has 0 aliphatic rings. The van der Waals surface area contributed by atoms with Crippen molar-refractivity contribution in [3.63, 3.8) is 0 Å². The Morgan fingerprint density at radius 2 is 0.857 bits per heavy atom. The minimum atomic E-state index is -0.833. The predicted molar refractivity (Wildman–Crippen MR) is 104 cm³/mol. The first-order valence-corrected chi connectivity index (χ1v) is 8.11. The molecular formula is C16H38N2O10. The Balaban J connectivity index is -0.0000000536. The Morgan fingerprint density at radius 1 is 0.679 bits per heavy atom. The van der Waals surface area contributed by atoms with E-state index in [1.54, 1.807) is 0 Å². The summed E-state index contributed by atoms with van der Waals surface area (Å²) < 4.78 is 0. The molecule has 0 saturated heterocycles. The number of rotatable bonds is 5. The van der Waals surface area contributed by atoms with Crippen LogP contribution >= 0.6 is 0 Å². The molecule has 0 aliphatic heterocycles. The quantitative estimate of drug-likeness (QED) is 0.304. The summed E-state index contributed by atoms with van der Waals surface area (Å²) in [6.45, 7) is 12.4. The molecule has 0 aliphatic carbocycles. The van der Waals surface area contributed by atoms with Crippen molar-refractivity contribution >= 4 is 23.9 Å². The number of aliphatic hydroxyl groups is 2. The van der Waals surface area contributed by atoms with Crippen LogP contribution < -0.4 is 5.73 Å². The van der Waals surface area contributed by atoms with Gasteiger partial charge in [-0.3, -0.25) is 19.2 Å². The van der Waals surface area contributed by atoms with Crippen molar-refractivity contribution in [1.29, 1.82) is 0 Å². The molecule has 0 spiro atoms. The normalized spacial score (nSPS) is 7.64. The Morgan fingerprint density at radius 3 is 0.893 bits per heavy atom. The third-order valence-corrected chi connectivity index (χ3v) is 1.44. The third-order valence-electron chi connectivity index (χ3n) is 1.44. The summed E-state index contributed by atoms with van der Waals surface area (Å²) in [6.07, 6.45) is 0. The second kappa shape index (κ2) is 39.7. The molecule has 0 bridgehead atoms. The summed E-state index contributed by atoms with van der Waals surface area (Å²) in [7, 11) is 0. The van der Waals surface area contributed by atoms with Crippen LogP contribution in [0.3, 0.4) is 0 Å². The Bertz CT molecular complexity index is 282. The van der Waals surface area contributed by atoms with Gasteiger partial charge in [-0.05, 0) is 13.1 Å². The molecule has 0 rings (SSSR count). The van der Waals surface area contributed by atoms with Gasteiger partial charge in [-0.15, -0.1) is 0 Å². The molecule has 12 heteroatoms. The lowest BCUT2D eigenvalue weighted by molar-refractivity contribution is -0.135. The molecular weight excluding hydrogens is 380 g/mol. The van der Waals surface area contributed by atoms with Crippen molar-refractivity contribution in [3.05, 3.63) is 0 Å². The lowest BCUT2D eigenvalue weighted by Crippen LogP contribution is -2.28. The molecule has 0 aromatic carbocycles. The van der Waals surface area contributed by atoms with Crippen LogP contribution in [0.1, 0.15) is 41.5 Å². The van der Waals surface area contributed by atoms with Gasteiger partial charge >= 0.3 is 0 Å². The van der Waals surface area contributed by atoms with Gasteiger partial charge in [-0.25, -0.2) is 0 Å². The van der Waals surface area contributed by atoms with Crippen LogP contribution in [-0.2, 0) is 19.2 Å². The number of likely N-dealkylation sites (N-methyl/N-ethyl adjacent to an activating group) is 1. The van der Waals surface area contributed by atoms with Crippen molar-refractivity contribution in [2.75, 3.05) is 39.4 Å². The first-order valence-electron chi connectivity index (χ1n) is 8.11. The van der Waals surface area contributed by atoms with E-state index in [2.05, 4.69) is 18.7 Å². The van der Waals surface area contributed by atoms with E-state index >= 15 is 0 Å². The van der Waals surface area contributed by atoms with Crippen LogP contribution in [0.15, 0.2) is 0 Å². The summed E-state index contributed by atoms with van der Waals surface area (Å²) in [5.41, 5.74) is 5.34. The summed E-state index contributed by atoms with van der Waals surface area (Å²) in [5.74, 6) is -3.33. The summed E-state index contributed by atoms with van der Waals surface area (Å²) >= 11 is 0. The van der Waals surface area contributed by atoms with Gasteiger partial charge in [0.05, 0.1) is 13.2 Å². The summed E-state index contributed by atoms with van der Waals surface area (Å²) in [6, 6.07) is 0. The minimum Gasteiger partial charge on any atom is -0.481 e. The van der Waals surface area contributed by atoms with E-state index in [1.807, 2.05) is 0 Å². The monoisotopic (exact) mass is 418 g/mol. The van der Waals surface area contributed by atoms with E-state index in [9.17, 15) is 0 Å². The molecule has 172 valence electrons. The maximum Gasteiger partial charge on any atom is 0.300 e. The molecule has 0 amide bonds. The minimum absolute atomic E-state index is 0.125. The molecule has 0 atom stereocenters. The first-order chi connectivity index (χ1) is 12.7. The van der Waals surface area contributed by atoms with Gasteiger partial charge in [0.1, 0.15) is 0 Å². The number of aliphatic hydroxyl groups excluding tert-OH is 2. The van der Waals surface area contributed by atoms with Crippen molar-refractivity contribution < 1.29 is 49.8 Å². The van der Waals surface area contributed by atoms with Gasteiger partial charge in [-0.1, -0.05) is 13.8 Å². The molecule has 0 aromatic heterocycles. The van der Waals surface area contributed by atoms with E-state index in [4.69, 9.17) is 55.6 Å². The number of carbonyl (C=O) groups is 4. The zero-order valence-electron chi connectivity index (χ0n) is 17.6. The van der Waals surface area contributed by atoms with E-state index in [0.717, 1.165) is 53.9 Å². The number of hydrogen-bond acceptors (Lipinski definition) is 8. The lowest BCUT2D eigenvalue weighted by atomic mass is 10.5. The first kappa shape index (κ1) is 40.4. The van der Waals surface area contributed by atoms with E-state index < -0.39 is 23.9 Å². The molecule has 12 nitrogen and oxygen atoms in total. The lowest BCUT2D eigenvalue weighted by Gasteiger charge is -2.15. The molecule has 0 fully saturated rings. The molecule has 0 radical (unpaired) electrons. The number of hydrogen-bond donors (Lipinski definition) is 7. The number of carboxylic acids is 4. The van der Waals surface area contributed by atoms with Crippen LogP contribution in [0.25, 0.3) is 0 Å². The second-order valence-corrected chi connectivity index (χ2v) is 4.34. The van der Waals surface area contributed by atoms with Crippen molar-refractivity contribution in [2.45, 2.75) is 41.5 Å². The van der Waals surface area contributed by atoms with Crippen LogP contribution in [0.2, 0.25) is 0 Å². The molecule has 8 N–H and O–H groups in total. The van der Waals surface area contributed by atoms with Gasteiger partial charge in [0.25, 0.3) is 23.9 Å². The number of nitrogens with two attached hydrogens (primary N) is 1. The summed E-state index contributed by atoms with van der Waals surface area (Å²) in [4.78, 5) is 38.3. The number of aliphatic carboxylic acids is 4. The molecule has 28 heavy (non-hydrogen) atoms. The van der Waals surface area contributed by atoms with Crippen molar-refractivity contribution in [3.8, 4) is 0 Å². The molecule has 0 heterocycles. The van der Waals surface area contributed by atoms with Crippen LogP contribution in [0.5, 0.6) is 0 Å². The number of nitrogens with zero attached hydrogens (tertiary/aromatic N) is 1. The average molecular weight is 418 g/mol. The van der Waals surface area contributed by atoms with E-state index in [0.29, 0.717) is 0 Å². The van der Waals surface area contributed by atoms with Gasteiger partial charge in [0.15, 0.2) is 0 Å². The zero-order valence-corrected chi connectivity index (χ0v) is 17.6. The fourth-order valence-corrected chi connectivity index (χ4v) is 0.722. The zero-order chi connectivity index (χ0) is 24.1. The fourth-order valence-electron chi connectivity index (χ4n) is 0.722. The van der Waals surface area contributed by atoms with Crippen LogP contribution in [0.4, 0.5) is 0 Å². The molecule has 0 unspecified atom stereocenters. The second-order valence-electron chi connectivity index (χ2n) is 4.34. The average Bonchev–Trinajstić information content (AvgIpc) is 2.50. The molecule has 0 aromatic rings. The maximum absolute atomic E-state index is 9.00. The summed E-state index contributed by atoms with van der Waals surface area (Å²) in [5, 5.41) is 44.9. The third kappa shape index (κ3) is 374. The topological polar surface area (TPSA) is 219 Å². The smallest absolute Gasteiger partial charge is 0.300 e.